The lowest BCUT2D eigenvalue weighted by Gasteiger charge is -2.40. The Balaban J connectivity index is 1.67. The predicted molar refractivity (Wildman–Crippen MR) is 87.8 cm³/mol. The first-order valence-corrected chi connectivity index (χ1v) is 8.39. The highest BCUT2D eigenvalue weighted by molar-refractivity contribution is 5.34. The Morgan fingerprint density at radius 3 is 2.42 bits per heavy atom. The van der Waals surface area contributed by atoms with Crippen LogP contribution in [0.5, 0.6) is 0 Å². The van der Waals surface area contributed by atoms with Gasteiger partial charge in [0.25, 0.3) is 0 Å². The van der Waals surface area contributed by atoms with Gasteiger partial charge in [-0.05, 0) is 56.0 Å². The molecule has 0 aliphatic carbocycles. The topological polar surface area (TPSA) is 41.3 Å². The van der Waals surface area contributed by atoms with Crippen molar-refractivity contribution in [3.05, 3.63) is 47.8 Å². The van der Waals surface area contributed by atoms with Crippen molar-refractivity contribution in [3.63, 3.8) is 0 Å². The minimum absolute atomic E-state index is 0.0478. The van der Waals surface area contributed by atoms with Crippen molar-refractivity contribution in [3.8, 4) is 5.69 Å². The molecule has 1 aromatic heterocycles. The molecular weight excluding hydrogens is 312 g/mol. The van der Waals surface area contributed by atoms with Crippen molar-refractivity contribution in [1.29, 1.82) is 0 Å². The van der Waals surface area contributed by atoms with Gasteiger partial charge in [0.1, 0.15) is 5.69 Å². The number of piperidine rings is 1. The highest BCUT2D eigenvalue weighted by atomic mass is 19.1. The average molecular weight is 335 g/mol. The first-order valence-electron chi connectivity index (χ1n) is 8.39. The summed E-state index contributed by atoms with van der Waals surface area (Å²) < 4.78 is 28.9. The van der Waals surface area contributed by atoms with E-state index in [1.54, 1.807) is 12.3 Å². The van der Waals surface area contributed by atoms with Gasteiger partial charge in [-0.2, -0.15) is 5.10 Å². The van der Waals surface area contributed by atoms with Crippen LogP contribution >= 0.6 is 0 Å². The van der Waals surface area contributed by atoms with Crippen LogP contribution in [-0.4, -0.2) is 39.5 Å². The van der Waals surface area contributed by atoms with Crippen molar-refractivity contribution in [2.75, 3.05) is 19.7 Å². The third-order valence-electron chi connectivity index (χ3n) is 5.20. The van der Waals surface area contributed by atoms with Gasteiger partial charge in [-0.1, -0.05) is 13.0 Å². The monoisotopic (exact) mass is 335 g/mol. The second-order valence-electron chi connectivity index (χ2n) is 6.61. The zero-order valence-corrected chi connectivity index (χ0v) is 13.9. The summed E-state index contributed by atoms with van der Waals surface area (Å²) in [6, 6.07) is 5.58. The Bertz CT molecular complexity index is 667. The minimum Gasteiger partial charge on any atom is -0.396 e. The number of aliphatic hydroxyl groups is 1. The lowest BCUT2D eigenvalue weighted by atomic mass is 9.77. The lowest BCUT2D eigenvalue weighted by molar-refractivity contribution is 0.0378. The molecule has 1 saturated heterocycles. The van der Waals surface area contributed by atoms with Crippen LogP contribution in [0.3, 0.4) is 0 Å². The molecule has 0 radical (unpaired) electrons. The molecule has 1 aliphatic rings. The summed E-state index contributed by atoms with van der Waals surface area (Å²) in [6.45, 7) is 4.80. The fraction of sp³-hybridized carbons (Fsp3) is 0.500. The highest BCUT2D eigenvalue weighted by Gasteiger charge is 2.32. The van der Waals surface area contributed by atoms with Crippen molar-refractivity contribution in [2.24, 2.45) is 5.41 Å². The molecule has 2 aromatic rings. The maximum absolute atomic E-state index is 13.8. The largest absolute Gasteiger partial charge is 0.396 e. The minimum atomic E-state index is -0.627. The third-order valence-corrected chi connectivity index (χ3v) is 5.20. The van der Waals surface area contributed by atoms with Gasteiger partial charge in [-0.3, -0.25) is 4.90 Å². The molecule has 3 rings (SSSR count). The normalized spacial score (nSPS) is 18.0. The number of nitrogens with zero attached hydrogens (tertiary/aromatic N) is 3. The molecule has 6 heteroatoms. The Morgan fingerprint density at radius 1 is 1.17 bits per heavy atom. The standard InChI is InChI=1S/C18H23F2N3O/c1-2-18(13-24)7-10-22(11-8-18)12-14-6-9-23(21-14)17-15(19)4-3-5-16(17)20/h3-6,9,24H,2,7-8,10-13H2,1H3. The smallest absolute Gasteiger partial charge is 0.151 e. The number of aliphatic hydroxyl groups excluding tert-OH is 1. The predicted octanol–water partition coefficient (Wildman–Crippen LogP) is 3.14. The zero-order valence-electron chi connectivity index (χ0n) is 13.9. The van der Waals surface area contributed by atoms with Crippen LogP contribution in [0.4, 0.5) is 8.78 Å². The Kier molecular flexibility index (Phi) is 4.96. The van der Waals surface area contributed by atoms with Gasteiger partial charge in [-0.15, -0.1) is 0 Å². The molecule has 0 unspecified atom stereocenters. The molecule has 1 aromatic carbocycles. The van der Waals surface area contributed by atoms with E-state index in [0.29, 0.717) is 6.54 Å². The summed E-state index contributed by atoms with van der Waals surface area (Å²) in [5.41, 5.74) is 0.685. The molecule has 130 valence electrons. The third kappa shape index (κ3) is 3.35. The van der Waals surface area contributed by atoms with Crippen LogP contribution < -0.4 is 0 Å². The van der Waals surface area contributed by atoms with Gasteiger partial charge in [0.05, 0.1) is 5.69 Å². The fourth-order valence-electron chi connectivity index (χ4n) is 3.32. The number of aromatic nitrogens is 2. The molecule has 4 nitrogen and oxygen atoms in total. The van der Waals surface area contributed by atoms with E-state index in [2.05, 4.69) is 16.9 Å². The van der Waals surface area contributed by atoms with Gasteiger partial charge in [-0.25, -0.2) is 13.5 Å². The molecule has 0 spiro atoms. The molecule has 0 bridgehead atoms. The number of halogens is 2. The quantitative estimate of drug-likeness (QED) is 0.913. The number of para-hydroxylation sites is 1. The van der Waals surface area contributed by atoms with Crippen LogP contribution in [0.2, 0.25) is 0 Å². The summed E-state index contributed by atoms with van der Waals surface area (Å²) in [7, 11) is 0. The van der Waals surface area contributed by atoms with Crippen LogP contribution in [-0.2, 0) is 6.54 Å². The second-order valence-corrected chi connectivity index (χ2v) is 6.61. The number of likely N-dealkylation sites (tertiary alicyclic amines) is 1. The van der Waals surface area contributed by atoms with E-state index in [-0.39, 0.29) is 17.7 Å². The Morgan fingerprint density at radius 2 is 1.83 bits per heavy atom. The van der Waals surface area contributed by atoms with Crippen molar-refractivity contribution >= 4 is 0 Å². The molecule has 1 fully saturated rings. The van der Waals surface area contributed by atoms with Crippen molar-refractivity contribution in [1.82, 2.24) is 14.7 Å². The molecular formula is C18H23F2N3O. The van der Waals surface area contributed by atoms with Gasteiger partial charge < -0.3 is 5.11 Å². The molecule has 2 heterocycles. The van der Waals surface area contributed by atoms with E-state index in [0.717, 1.165) is 38.0 Å². The average Bonchev–Trinajstić information content (AvgIpc) is 3.04. The molecule has 0 saturated carbocycles. The fourth-order valence-corrected chi connectivity index (χ4v) is 3.32. The maximum atomic E-state index is 13.8. The Labute approximate surface area is 140 Å². The summed E-state index contributed by atoms with van der Waals surface area (Å²) in [5, 5.41) is 13.9. The molecule has 0 atom stereocenters. The van der Waals surface area contributed by atoms with Crippen molar-refractivity contribution < 1.29 is 13.9 Å². The van der Waals surface area contributed by atoms with E-state index in [1.165, 1.54) is 22.9 Å². The van der Waals surface area contributed by atoms with E-state index in [1.807, 2.05) is 0 Å². The SMILES string of the molecule is CCC1(CO)CCN(Cc2ccn(-c3c(F)cccc3F)n2)CC1. The van der Waals surface area contributed by atoms with E-state index in [9.17, 15) is 13.9 Å². The highest BCUT2D eigenvalue weighted by Crippen LogP contribution is 2.34. The number of rotatable bonds is 5. The Hall–Kier alpha value is -1.79. The second kappa shape index (κ2) is 6.99. The van der Waals surface area contributed by atoms with E-state index < -0.39 is 11.6 Å². The summed E-state index contributed by atoms with van der Waals surface area (Å²) >= 11 is 0. The van der Waals surface area contributed by atoms with Gasteiger partial charge in [0.15, 0.2) is 11.6 Å². The van der Waals surface area contributed by atoms with Gasteiger partial charge in [0, 0.05) is 19.3 Å². The van der Waals surface area contributed by atoms with Gasteiger partial charge >= 0.3 is 0 Å². The summed E-state index contributed by atoms with van der Waals surface area (Å²) in [5.74, 6) is -1.25. The summed E-state index contributed by atoms with van der Waals surface area (Å²) in [4.78, 5) is 2.27. The summed E-state index contributed by atoms with van der Waals surface area (Å²) in [6.07, 6.45) is 4.49. The van der Waals surface area contributed by atoms with E-state index >= 15 is 0 Å². The molecule has 24 heavy (non-hydrogen) atoms. The zero-order chi connectivity index (χ0) is 17.2. The van der Waals surface area contributed by atoms with Crippen LogP contribution in [0.25, 0.3) is 5.69 Å². The first kappa shape index (κ1) is 17.0. The van der Waals surface area contributed by atoms with Crippen LogP contribution in [0.15, 0.2) is 30.5 Å². The number of benzene rings is 1. The van der Waals surface area contributed by atoms with Crippen LogP contribution in [0, 0.1) is 17.0 Å². The maximum Gasteiger partial charge on any atom is 0.151 e. The lowest BCUT2D eigenvalue weighted by Crippen LogP contribution is -2.41. The van der Waals surface area contributed by atoms with E-state index in [4.69, 9.17) is 0 Å². The van der Waals surface area contributed by atoms with Crippen LogP contribution in [0.1, 0.15) is 31.9 Å². The number of hydrogen-bond donors (Lipinski definition) is 1. The molecule has 0 amide bonds. The number of hydrogen-bond acceptors (Lipinski definition) is 3. The molecule has 1 aliphatic heterocycles. The van der Waals surface area contributed by atoms with Gasteiger partial charge in [0.2, 0.25) is 0 Å². The first-order chi connectivity index (χ1) is 11.6. The molecule has 1 N–H and O–H groups in total. The van der Waals surface area contributed by atoms with Crippen molar-refractivity contribution in [2.45, 2.75) is 32.7 Å².